The number of hydrogen-bond donors (Lipinski definition) is 4. The molecule has 3 aromatic rings. The van der Waals surface area contributed by atoms with Gasteiger partial charge in [-0.25, -0.2) is 0 Å². The van der Waals surface area contributed by atoms with Gasteiger partial charge in [-0.1, -0.05) is 0 Å². The maximum Gasteiger partial charge on any atom is 0.239 e. The molecule has 0 fully saturated rings. The van der Waals surface area contributed by atoms with Gasteiger partial charge in [0, 0.05) is 11.6 Å². The molecule has 142 valence electrons. The summed E-state index contributed by atoms with van der Waals surface area (Å²) >= 11 is 0. The van der Waals surface area contributed by atoms with Crippen LogP contribution in [0.2, 0.25) is 0 Å². The normalized spacial score (nSPS) is 10.8. The molecule has 0 bridgehead atoms. The largest absolute Gasteiger partial charge is 0.504 e. The van der Waals surface area contributed by atoms with Gasteiger partial charge in [0.15, 0.2) is 28.8 Å². The fourth-order valence-corrected chi connectivity index (χ4v) is 2.69. The molecule has 0 spiro atoms. The monoisotopic (exact) mass is 376 g/mol. The molecule has 0 saturated carbocycles. The zero-order valence-corrected chi connectivity index (χ0v) is 14.6. The minimum absolute atomic E-state index is 0.0592. The van der Waals surface area contributed by atoms with E-state index in [-0.39, 0.29) is 45.3 Å². The van der Waals surface area contributed by atoms with Crippen LogP contribution in [0.1, 0.15) is 0 Å². The molecule has 1 aromatic heterocycles. The molecule has 3 rings (SSSR count). The second-order valence-corrected chi connectivity index (χ2v) is 5.49. The topological polar surface area (TPSA) is 139 Å². The highest BCUT2D eigenvalue weighted by atomic mass is 16.5. The van der Waals surface area contributed by atoms with Gasteiger partial charge < -0.3 is 39.1 Å². The van der Waals surface area contributed by atoms with Crippen LogP contribution < -0.4 is 19.6 Å². The fourth-order valence-electron chi connectivity index (χ4n) is 2.69. The highest BCUT2D eigenvalue weighted by Gasteiger charge is 2.24. The van der Waals surface area contributed by atoms with Crippen molar-refractivity contribution in [2.75, 3.05) is 21.3 Å². The summed E-state index contributed by atoms with van der Waals surface area (Å²) in [7, 11) is 3.91. The standard InChI is InChI=1S/C18H16O9/c1-24-10-4-7(5-11(25-2)14(10)21)17-18(26-3)16(23)12-9(27-17)6-8(19)13(20)15(12)22/h4-6,19-22H,1-3H3. The third kappa shape index (κ3) is 2.69. The van der Waals surface area contributed by atoms with Crippen molar-refractivity contribution in [2.24, 2.45) is 0 Å². The first-order valence-electron chi connectivity index (χ1n) is 7.58. The Bertz CT molecular complexity index is 1070. The predicted molar refractivity (Wildman–Crippen MR) is 94.2 cm³/mol. The van der Waals surface area contributed by atoms with Crippen molar-refractivity contribution in [1.29, 1.82) is 0 Å². The fraction of sp³-hybridized carbons (Fsp3) is 0.167. The maximum absolute atomic E-state index is 12.8. The Morgan fingerprint density at radius 2 is 1.41 bits per heavy atom. The van der Waals surface area contributed by atoms with Crippen LogP contribution in [0, 0.1) is 0 Å². The van der Waals surface area contributed by atoms with E-state index in [4.69, 9.17) is 18.6 Å². The van der Waals surface area contributed by atoms with E-state index in [1.807, 2.05) is 0 Å². The van der Waals surface area contributed by atoms with Crippen molar-refractivity contribution in [2.45, 2.75) is 0 Å². The van der Waals surface area contributed by atoms with Gasteiger partial charge in [-0.2, -0.15) is 0 Å². The number of benzene rings is 2. The number of methoxy groups -OCH3 is 3. The summed E-state index contributed by atoms with van der Waals surface area (Å²) < 4.78 is 21.0. The van der Waals surface area contributed by atoms with Crippen molar-refractivity contribution in [3.05, 3.63) is 28.4 Å². The molecule has 0 aliphatic carbocycles. The van der Waals surface area contributed by atoms with Crippen LogP contribution in [-0.2, 0) is 0 Å². The van der Waals surface area contributed by atoms with E-state index in [1.165, 1.54) is 33.5 Å². The number of aromatic hydroxyl groups is 4. The molecule has 0 unspecified atom stereocenters. The van der Waals surface area contributed by atoms with E-state index in [2.05, 4.69) is 0 Å². The number of phenols is 4. The lowest BCUT2D eigenvalue weighted by Gasteiger charge is -2.14. The third-order valence-electron chi connectivity index (χ3n) is 4.02. The molecule has 0 atom stereocenters. The van der Waals surface area contributed by atoms with E-state index < -0.39 is 22.7 Å². The lowest BCUT2D eigenvalue weighted by molar-refractivity contribution is 0.340. The second kappa shape index (κ2) is 6.52. The van der Waals surface area contributed by atoms with Gasteiger partial charge >= 0.3 is 0 Å². The summed E-state index contributed by atoms with van der Waals surface area (Å²) in [5, 5.41) is 39.1. The average molecular weight is 376 g/mol. The van der Waals surface area contributed by atoms with Crippen LogP contribution >= 0.6 is 0 Å². The Balaban J connectivity index is 2.42. The predicted octanol–water partition coefficient (Wildman–Crippen LogP) is 2.31. The highest BCUT2D eigenvalue weighted by Crippen LogP contribution is 2.45. The van der Waals surface area contributed by atoms with Crippen LogP contribution in [-0.4, -0.2) is 41.8 Å². The van der Waals surface area contributed by atoms with E-state index >= 15 is 0 Å². The zero-order chi connectivity index (χ0) is 19.9. The summed E-state index contributed by atoms with van der Waals surface area (Å²) in [5.41, 5.74) is -0.688. The average Bonchev–Trinajstić information content (AvgIpc) is 2.66. The molecule has 1 heterocycles. The minimum atomic E-state index is -0.849. The Kier molecular flexibility index (Phi) is 4.36. The smallest absolute Gasteiger partial charge is 0.239 e. The molecule has 27 heavy (non-hydrogen) atoms. The van der Waals surface area contributed by atoms with E-state index in [0.29, 0.717) is 0 Å². The Hall–Kier alpha value is -3.75. The van der Waals surface area contributed by atoms with Crippen molar-refractivity contribution in [3.8, 4) is 51.6 Å². The molecule has 9 heteroatoms. The summed E-state index contributed by atoms with van der Waals surface area (Å²) in [6.45, 7) is 0. The van der Waals surface area contributed by atoms with Crippen molar-refractivity contribution in [1.82, 2.24) is 0 Å². The molecule has 9 nitrogen and oxygen atoms in total. The molecule has 0 saturated heterocycles. The van der Waals surface area contributed by atoms with Gasteiger partial charge in [-0.15, -0.1) is 0 Å². The lowest BCUT2D eigenvalue weighted by atomic mass is 10.1. The maximum atomic E-state index is 12.8. The number of hydrogen-bond acceptors (Lipinski definition) is 9. The van der Waals surface area contributed by atoms with Gasteiger partial charge in [0.25, 0.3) is 0 Å². The Labute approximate surface area is 152 Å². The quantitative estimate of drug-likeness (QED) is 0.505. The first-order chi connectivity index (χ1) is 12.8. The van der Waals surface area contributed by atoms with Crippen molar-refractivity contribution < 1.29 is 39.1 Å². The van der Waals surface area contributed by atoms with Crippen molar-refractivity contribution >= 4 is 11.0 Å². The summed E-state index contributed by atoms with van der Waals surface area (Å²) in [4.78, 5) is 12.8. The van der Waals surface area contributed by atoms with Gasteiger partial charge in [0.2, 0.25) is 22.7 Å². The minimum Gasteiger partial charge on any atom is -0.504 e. The van der Waals surface area contributed by atoms with Crippen molar-refractivity contribution in [3.63, 3.8) is 0 Å². The van der Waals surface area contributed by atoms with Gasteiger partial charge in [-0.3, -0.25) is 4.79 Å². The molecule has 0 radical (unpaired) electrons. The molecular formula is C18H16O9. The molecule has 2 aromatic carbocycles. The van der Waals surface area contributed by atoms with Crippen LogP contribution in [0.15, 0.2) is 27.4 Å². The first-order valence-corrected chi connectivity index (χ1v) is 7.58. The number of phenolic OH excluding ortho intramolecular Hbond substituents is 4. The Morgan fingerprint density at radius 1 is 0.815 bits per heavy atom. The number of rotatable bonds is 4. The first kappa shape index (κ1) is 18.1. The van der Waals surface area contributed by atoms with Gasteiger partial charge in [0.1, 0.15) is 11.0 Å². The van der Waals surface area contributed by atoms with Gasteiger partial charge in [-0.05, 0) is 12.1 Å². The second-order valence-electron chi connectivity index (χ2n) is 5.49. The number of ether oxygens (including phenoxy) is 3. The molecule has 0 amide bonds. The summed E-state index contributed by atoms with van der Waals surface area (Å²) in [6, 6.07) is 3.78. The van der Waals surface area contributed by atoms with E-state index in [0.717, 1.165) is 6.07 Å². The molecule has 0 aliphatic rings. The van der Waals surface area contributed by atoms with Crippen LogP contribution in [0.3, 0.4) is 0 Å². The molecule has 0 aliphatic heterocycles. The zero-order valence-electron chi connectivity index (χ0n) is 14.6. The third-order valence-corrected chi connectivity index (χ3v) is 4.02. The number of fused-ring (bicyclic) bond motifs is 1. The van der Waals surface area contributed by atoms with Crippen LogP contribution in [0.5, 0.6) is 40.2 Å². The highest BCUT2D eigenvalue weighted by molar-refractivity contribution is 5.91. The Morgan fingerprint density at radius 3 is 1.93 bits per heavy atom. The SMILES string of the molecule is COc1cc(-c2oc3cc(O)c(O)c(O)c3c(=O)c2OC)cc(OC)c1O. The molecule has 4 N–H and O–H groups in total. The van der Waals surface area contributed by atoms with Crippen LogP contribution in [0.4, 0.5) is 0 Å². The van der Waals surface area contributed by atoms with E-state index in [9.17, 15) is 25.2 Å². The lowest BCUT2D eigenvalue weighted by Crippen LogP contribution is -2.08. The summed E-state index contributed by atoms with van der Waals surface area (Å²) in [6.07, 6.45) is 0. The summed E-state index contributed by atoms with van der Waals surface area (Å²) in [5.74, 6) is -2.79. The van der Waals surface area contributed by atoms with Crippen LogP contribution in [0.25, 0.3) is 22.3 Å². The van der Waals surface area contributed by atoms with Gasteiger partial charge in [0.05, 0.1) is 21.3 Å². The van der Waals surface area contributed by atoms with E-state index in [1.54, 1.807) is 0 Å². The molecular weight excluding hydrogens is 360 g/mol.